The van der Waals surface area contributed by atoms with Crippen LogP contribution in [0.25, 0.3) is 0 Å². The quantitative estimate of drug-likeness (QED) is 0.662. The van der Waals surface area contributed by atoms with Crippen molar-refractivity contribution in [2.75, 3.05) is 13.7 Å². The van der Waals surface area contributed by atoms with Crippen LogP contribution in [-0.4, -0.2) is 60.0 Å². The number of fused-ring (bicyclic) bond motifs is 5. The van der Waals surface area contributed by atoms with E-state index in [-0.39, 0.29) is 18.7 Å². The fourth-order valence-corrected chi connectivity index (χ4v) is 4.04. The second-order valence-corrected chi connectivity index (χ2v) is 6.54. The van der Waals surface area contributed by atoms with E-state index in [1.54, 1.807) is 0 Å². The van der Waals surface area contributed by atoms with Gasteiger partial charge in [0.05, 0.1) is 6.61 Å². The molecule has 4 rings (SSSR count). The zero-order valence-corrected chi connectivity index (χ0v) is 12.6. The monoisotopic (exact) mass is 303 g/mol. The van der Waals surface area contributed by atoms with Crippen molar-refractivity contribution in [2.45, 2.75) is 49.2 Å². The zero-order chi connectivity index (χ0) is 15.3. The highest BCUT2D eigenvalue weighted by atomic mass is 16.6. The fraction of sp³-hybridized carbons (Fsp3) is 0.588. The highest BCUT2D eigenvalue weighted by Gasteiger charge is 2.62. The van der Waals surface area contributed by atoms with Gasteiger partial charge in [0, 0.05) is 24.9 Å². The number of ether oxygens (including phenoxy) is 2. The van der Waals surface area contributed by atoms with Crippen LogP contribution in [-0.2, 0) is 14.3 Å². The molecule has 3 aliphatic heterocycles. The van der Waals surface area contributed by atoms with Crippen LogP contribution in [0.1, 0.15) is 24.3 Å². The Kier molecular flexibility index (Phi) is 3.44. The standard InChI is InChI=1S/C17H21NO4/c1-18-13-7-11(8-14(18)16-15(13)22-16)21-17(20)12(9-19)10-5-3-2-4-6-10/h2-6,11-16,19H,7-9H2,1H3/t11-,12?,13?,14?,15-,16?/m1/s1. The third kappa shape index (κ3) is 2.24. The maximum Gasteiger partial charge on any atom is 0.316 e. The molecule has 0 aromatic heterocycles. The molecule has 5 heteroatoms. The van der Waals surface area contributed by atoms with Crippen molar-refractivity contribution in [3.05, 3.63) is 35.9 Å². The number of aliphatic hydroxyl groups excluding tert-OH is 1. The van der Waals surface area contributed by atoms with E-state index in [1.807, 2.05) is 30.3 Å². The summed E-state index contributed by atoms with van der Waals surface area (Å²) in [6.45, 7) is -0.226. The third-order valence-corrected chi connectivity index (χ3v) is 5.33. The second kappa shape index (κ2) is 5.33. The molecule has 3 aliphatic rings. The summed E-state index contributed by atoms with van der Waals surface area (Å²) in [7, 11) is 2.13. The lowest BCUT2D eigenvalue weighted by atomic mass is 9.97. The summed E-state index contributed by atoms with van der Waals surface area (Å²) in [5, 5.41) is 9.56. The number of aliphatic hydroxyl groups is 1. The lowest BCUT2D eigenvalue weighted by Gasteiger charge is -2.38. The minimum atomic E-state index is -0.593. The summed E-state index contributed by atoms with van der Waals surface area (Å²) in [4.78, 5) is 14.8. The van der Waals surface area contributed by atoms with Crippen molar-refractivity contribution in [1.82, 2.24) is 4.90 Å². The molecule has 1 N–H and O–H groups in total. The zero-order valence-electron chi connectivity index (χ0n) is 12.6. The van der Waals surface area contributed by atoms with Crippen molar-refractivity contribution < 1.29 is 19.4 Å². The van der Waals surface area contributed by atoms with Gasteiger partial charge >= 0.3 is 5.97 Å². The molecule has 0 spiro atoms. The van der Waals surface area contributed by atoms with Gasteiger partial charge < -0.3 is 14.6 Å². The Morgan fingerprint density at radius 1 is 1.32 bits per heavy atom. The van der Waals surface area contributed by atoms with Gasteiger partial charge in [0.1, 0.15) is 24.2 Å². The molecule has 0 amide bonds. The van der Waals surface area contributed by atoms with E-state index >= 15 is 0 Å². The molecular formula is C17H21NO4. The van der Waals surface area contributed by atoms with E-state index in [9.17, 15) is 9.90 Å². The van der Waals surface area contributed by atoms with Gasteiger partial charge in [-0.15, -0.1) is 0 Å². The van der Waals surface area contributed by atoms with E-state index in [1.165, 1.54) is 0 Å². The summed E-state index contributed by atoms with van der Waals surface area (Å²) in [6, 6.07) is 10.1. The molecule has 5 nitrogen and oxygen atoms in total. The first-order valence-electron chi connectivity index (χ1n) is 7.92. The molecule has 3 fully saturated rings. The van der Waals surface area contributed by atoms with E-state index in [4.69, 9.17) is 9.47 Å². The Morgan fingerprint density at radius 3 is 2.55 bits per heavy atom. The maximum atomic E-state index is 12.4. The van der Waals surface area contributed by atoms with Gasteiger partial charge in [-0.2, -0.15) is 0 Å². The Hall–Kier alpha value is -1.43. The summed E-state index contributed by atoms with van der Waals surface area (Å²) in [5.74, 6) is -0.915. The number of rotatable bonds is 4. The largest absolute Gasteiger partial charge is 0.462 e. The number of esters is 1. The van der Waals surface area contributed by atoms with E-state index in [0.29, 0.717) is 24.3 Å². The van der Waals surface area contributed by atoms with Crippen molar-refractivity contribution >= 4 is 5.97 Å². The number of carbonyl (C=O) groups is 1. The van der Waals surface area contributed by atoms with Gasteiger partial charge in [-0.3, -0.25) is 9.69 Å². The lowest BCUT2D eigenvalue weighted by molar-refractivity contribution is -0.156. The first-order chi connectivity index (χ1) is 10.7. The van der Waals surface area contributed by atoms with E-state index in [0.717, 1.165) is 18.4 Å². The molecule has 2 bridgehead atoms. The SMILES string of the molecule is CN1C2C[C@H](OC(=O)C(CO)c3ccccc3)CC1[C@H]1OC21. The van der Waals surface area contributed by atoms with Crippen LogP contribution in [0.15, 0.2) is 30.3 Å². The summed E-state index contributed by atoms with van der Waals surface area (Å²) in [5.41, 5.74) is 0.803. The number of morpholine rings is 1. The molecular weight excluding hydrogens is 282 g/mol. The van der Waals surface area contributed by atoms with E-state index in [2.05, 4.69) is 11.9 Å². The first kappa shape index (κ1) is 14.2. The van der Waals surface area contributed by atoms with Crippen LogP contribution >= 0.6 is 0 Å². The van der Waals surface area contributed by atoms with Crippen molar-refractivity contribution in [3.8, 4) is 0 Å². The normalized spacial score (nSPS) is 37.5. The molecule has 3 heterocycles. The van der Waals surface area contributed by atoms with Gasteiger partial charge in [0.15, 0.2) is 0 Å². The molecule has 4 unspecified atom stereocenters. The van der Waals surface area contributed by atoms with Gasteiger partial charge in [0.25, 0.3) is 0 Å². The number of hydrogen-bond donors (Lipinski definition) is 1. The third-order valence-electron chi connectivity index (χ3n) is 5.33. The average Bonchev–Trinajstić information content (AvgIpc) is 3.27. The van der Waals surface area contributed by atoms with Crippen LogP contribution in [0.2, 0.25) is 0 Å². The number of hydrogen-bond acceptors (Lipinski definition) is 5. The molecule has 1 aromatic carbocycles. The van der Waals surface area contributed by atoms with Gasteiger partial charge in [-0.1, -0.05) is 30.3 Å². The van der Waals surface area contributed by atoms with Crippen LogP contribution in [0.5, 0.6) is 0 Å². The molecule has 118 valence electrons. The summed E-state index contributed by atoms with van der Waals surface area (Å²) in [6.07, 6.45) is 2.26. The van der Waals surface area contributed by atoms with Crippen molar-refractivity contribution in [2.24, 2.45) is 0 Å². The highest BCUT2D eigenvalue weighted by molar-refractivity contribution is 5.78. The Labute approximate surface area is 129 Å². The number of likely N-dealkylation sites (N-methyl/N-ethyl adjacent to an activating group) is 1. The van der Waals surface area contributed by atoms with Crippen molar-refractivity contribution in [1.29, 1.82) is 0 Å². The lowest BCUT2D eigenvalue weighted by Crippen LogP contribution is -2.48. The highest BCUT2D eigenvalue weighted by Crippen LogP contribution is 2.48. The number of benzene rings is 1. The van der Waals surface area contributed by atoms with Gasteiger partial charge in [0.2, 0.25) is 0 Å². The fourth-order valence-electron chi connectivity index (χ4n) is 4.04. The average molecular weight is 303 g/mol. The van der Waals surface area contributed by atoms with Crippen LogP contribution in [0.4, 0.5) is 0 Å². The summed E-state index contributed by atoms with van der Waals surface area (Å²) >= 11 is 0. The topological polar surface area (TPSA) is 62.3 Å². The maximum absolute atomic E-state index is 12.4. The number of carbonyl (C=O) groups excluding carboxylic acids is 1. The van der Waals surface area contributed by atoms with Crippen molar-refractivity contribution in [3.63, 3.8) is 0 Å². The van der Waals surface area contributed by atoms with Crippen LogP contribution in [0, 0.1) is 0 Å². The minimum Gasteiger partial charge on any atom is -0.462 e. The Morgan fingerprint density at radius 2 is 1.95 bits per heavy atom. The molecule has 0 saturated carbocycles. The molecule has 3 saturated heterocycles. The predicted molar refractivity (Wildman–Crippen MR) is 79.4 cm³/mol. The van der Waals surface area contributed by atoms with Gasteiger partial charge in [-0.25, -0.2) is 0 Å². The molecule has 22 heavy (non-hydrogen) atoms. The molecule has 0 aliphatic carbocycles. The Bertz CT molecular complexity index is 545. The number of piperidine rings is 1. The predicted octanol–water partition coefficient (Wildman–Crippen LogP) is 0.918. The molecule has 6 atom stereocenters. The second-order valence-electron chi connectivity index (χ2n) is 6.54. The van der Waals surface area contributed by atoms with Crippen LogP contribution in [0.3, 0.4) is 0 Å². The minimum absolute atomic E-state index is 0.0622. The molecule has 0 radical (unpaired) electrons. The van der Waals surface area contributed by atoms with Crippen LogP contribution < -0.4 is 0 Å². The Balaban J connectivity index is 1.42. The van der Waals surface area contributed by atoms with E-state index < -0.39 is 5.92 Å². The number of nitrogens with zero attached hydrogens (tertiary/aromatic N) is 1. The molecule has 1 aromatic rings. The van der Waals surface area contributed by atoms with Gasteiger partial charge in [-0.05, 0) is 12.6 Å². The number of epoxide rings is 1. The summed E-state index contributed by atoms with van der Waals surface area (Å²) < 4.78 is 11.4. The smallest absolute Gasteiger partial charge is 0.316 e. The first-order valence-corrected chi connectivity index (χ1v) is 7.92.